The Bertz CT molecular complexity index is 1590. The zero-order valence-corrected chi connectivity index (χ0v) is 26.6. The molecule has 2 aromatic heterocycles. The Hall–Kier alpha value is -3.35. The van der Waals surface area contributed by atoms with Gasteiger partial charge in [0.05, 0.1) is 5.56 Å². The van der Waals surface area contributed by atoms with E-state index in [4.69, 9.17) is 16.6 Å². The van der Waals surface area contributed by atoms with Crippen molar-refractivity contribution in [3.63, 3.8) is 0 Å². The highest BCUT2D eigenvalue weighted by Crippen LogP contribution is 2.45. The molecule has 1 aliphatic carbocycles. The highest BCUT2D eigenvalue weighted by molar-refractivity contribution is 7.16. The number of amides is 1. The van der Waals surface area contributed by atoms with Gasteiger partial charge in [-0.2, -0.15) is 0 Å². The molecule has 2 aromatic carbocycles. The Morgan fingerprint density at radius 2 is 1.78 bits per heavy atom. The zero-order valence-electron chi connectivity index (χ0n) is 25.0. The second kappa shape index (κ2) is 11.5. The van der Waals surface area contributed by atoms with Crippen LogP contribution < -0.4 is 10.2 Å². The molecule has 0 saturated heterocycles. The molecule has 7 heteroatoms. The van der Waals surface area contributed by atoms with Crippen LogP contribution in [0.2, 0.25) is 5.02 Å². The Labute approximate surface area is 252 Å². The van der Waals surface area contributed by atoms with E-state index in [-0.39, 0.29) is 11.3 Å². The molecular formula is C34H39ClN4OS. The average Bonchev–Trinajstić information content (AvgIpc) is 3.43. The summed E-state index contributed by atoms with van der Waals surface area (Å²) in [6.07, 6.45) is 4.87. The number of aliphatic imine (C=N–C) groups is 1. The van der Waals surface area contributed by atoms with Gasteiger partial charge in [0.1, 0.15) is 5.00 Å². The van der Waals surface area contributed by atoms with Gasteiger partial charge in [-0.25, -0.2) is 4.99 Å². The van der Waals surface area contributed by atoms with E-state index in [0.717, 1.165) is 63.8 Å². The molecule has 0 unspecified atom stereocenters. The van der Waals surface area contributed by atoms with Gasteiger partial charge in [-0.15, -0.1) is 11.3 Å². The molecule has 0 radical (unpaired) electrons. The third-order valence-corrected chi connectivity index (χ3v) is 9.63. The van der Waals surface area contributed by atoms with Gasteiger partial charge >= 0.3 is 0 Å². The fourth-order valence-electron chi connectivity index (χ4n) is 5.71. The SMILES string of the molecule is Cc1cc(C=Nc2sc3c(c2C(=O)Nc2ccc(Cl)cc2)CC[C@@H](C(C)(C)C)C3)c(C)n1-c1ccc(N(C)C)cc1. The number of benzene rings is 2. The summed E-state index contributed by atoms with van der Waals surface area (Å²) >= 11 is 7.74. The molecule has 1 amide bonds. The predicted octanol–water partition coefficient (Wildman–Crippen LogP) is 9.03. The molecule has 4 aromatic rings. The van der Waals surface area contributed by atoms with Crippen molar-refractivity contribution in [2.75, 3.05) is 24.3 Å². The molecule has 1 N–H and O–H groups in total. The van der Waals surface area contributed by atoms with Gasteiger partial charge in [0, 0.05) is 64.2 Å². The fourth-order valence-corrected chi connectivity index (χ4v) is 7.10. The molecule has 0 bridgehead atoms. The minimum atomic E-state index is -0.113. The molecule has 5 nitrogen and oxygen atoms in total. The number of hydrogen-bond donors (Lipinski definition) is 1. The van der Waals surface area contributed by atoms with Gasteiger partial charge in [0.25, 0.3) is 5.91 Å². The van der Waals surface area contributed by atoms with Crippen LogP contribution in [-0.2, 0) is 12.8 Å². The van der Waals surface area contributed by atoms with E-state index in [1.165, 1.54) is 4.88 Å². The lowest BCUT2D eigenvalue weighted by Crippen LogP contribution is -2.27. The second-order valence-electron chi connectivity index (χ2n) is 12.3. The average molecular weight is 587 g/mol. The summed E-state index contributed by atoms with van der Waals surface area (Å²) in [6, 6.07) is 18.0. The number of thiophene rings is 1. The van der Waals surface area contributed by atoms with Crippen LogP contribution in [0.15, 0.2) is 59.6 Å². The van der Waals surface area contributed by atoms with Crippen molar-refractivity contribution < 1.29 is 4.79 Å². The number of carbonyl (C=O) groups is 1. The molecule has 1 atom stereocenters. The fraction of sp³-hybridized carbons (Fsp3) is 0.353. The lowest BCUT2D eigenvalue weighted by Gasteiger charge is -2.33. The number of aryl methyl sites for hydroxylation is 1. The first-order valence-corrected chi connectivity index (χ1v) is 15.3. The normalized spacial score (nSPS) is 15.3. The van der Waals surface area contributed by atoms with E-state index < -0.39 is 0 Å². The van der Waals surface area contributed by atoms with Crippen molar-refractivity contribution in [1.29, 1.82) is 0 Å². The number of anilines is 2. The number of rotatable bonds is 6. The van der Waals surface area contributed by atoms with Crippen LogP contribution in [0, 0.1) is 25.2 Å². The van der Waals surface area contributed by atoms with Crippen molar-refractivity contribution in [2.24, 2.45) is 16.3 Å². The quantitative estimate of drug-likeness (QED) is 0.229. The number of carbonyl (C=O) groups excluding carboxylic acids is 1. The molecule has 0 saturated carbocycles. The molecule has 1 aliphatic rings. The first kappa shape index (κ1) is 29.2. The maximum Gasteiger partial charge on any atom is 0.259 e. The molecule has 0 fully saturated rings. The van der Waals surface area contributed by atoms with Gasteiger partial charge in [0.2, 0.25) is 0 Å². The van der Waals surface area contributed by atoms with Gasteiger partial charge in [0.15, 0.2) is 0 Å². The summed E-state index contributed by atoms with van der Waals surface area (Å²) in [7, 11) is 4.09. The predicted molar refractivity (Wildman–Crippen MR) is 176 cm³/mol. The first-order valence-electron chi connectivity index (χ1n) is 14.1. The van der Waals surface area contributed by atoms with Crippen molar-refractivity contribution >= 4 is 51.4 Å². The molecule has 214 valence electrons. The van der Waals surface area contributed by atoms with E-state index >= 15 is 0 Å². The summed E-state index contributed by atoms with van der Waals surface area (Å²) in [6.45, 7) is 11.2. The van der Waals surface area contributed by atoms with Crippen LogP contribution in [0.5, 0.6) is 0 Å². The maximum absolute atomic E-state index is 13.7. The van der Waals surface area contributed by atoms with Crippen LogP contribution in [0.1, 0.15) is 64.9 Å². The smallest absolute Gasteiger partial charge is 0.259 e. The summed E-state index contributed by atoms with van der Waals surface area (Å²) < 4.78 is 2.25. The molecule has 41 heavy (non-hydrogen) atoms. The topological polar surface area (TPSA) is 49.6 Å². The van der Waals surface area contributed by atoms with Crippen LogP contribution in [0.3, 0.4) is 0 Å². The summed E-state index contributed by atoms with van der Waals surface area (Å²) in [5, 5.41) is 4.50. The minimum Gasteiger partial charge on any atom is -0.378 e. The Kier molecular flexibility index (Phi) is 8.18. The van der Waals surface area contributed by atoms with Crippen LogP contribution in [0.4, 0.5) is 16.4 Å². The lowest BCUT2D eigenvalue weighted by atomic mass is 9.72. The van der Waals surface area contributed by atoms with E-state index in [2.05, 4.69) is 79.7 Å². The molecule has 2 heterocycles. The van der Waals surface area contributed by atoms with Crippen molar-refractivity contribution in [3.8, 4) is 5.69 Å². The third kappa shape index (κ3) is 6.14. The van der Waals surface area contributed by atoms with Crippen molar-refractivity contribution in [1.82, 2.24) is 4.57 Å². The number of hydrogen-bond acceptors (Lipinski definition) is 4. The van der Waals surface area contributed by atoms with Crippen molar-refractivity contribution in [3.05, 3.63) is 92.6 Å². The van der Waals surface area contributed by atoms with E-state index in [9.17, 15) is 4.79 Å². The van der Waals surface area contributed by atoms with Gasteiger partial charge in [-0.05, 0) is 105 Å². The van der Waals surface area contributed by atoms with Crippen LogP contribution in [0.25, 0.3) is 5.69 Å². The van der Waals surface area contributed by atoms with Gasteiger partial charge in [-0.3, -0.25) is 4.79 Å². The Morgan fingerprint density at radius 3 is 2.41 bits per heavy atom. The Morgan fingerprint density at radius 1 is 1.10 bits per heavy atom. The molecule has 0 aliphatic heterocycles. The van der Waals surface area contributed by atoms with Crippen LogP contribution in [-0.4, -0.2) is 30.8 Å². The largest absolute Gasteiger partial charge is 0.378 e. The number of halogens is 1. The number of nitrogens with one attached hydrogen (secondary N) is 1. The maximum atomic E-state index is 13.7. The first-order chi connectivity index (χ1) is 19.4. The van der Waals surface area contributed by atoms with Gasteiger partial charge in [-0.1, -0.05) is 32.4 Å². The monoisotopic (exact) mass is 586 g/mol. The number of fused-ring (bicyclic) bond motifs is 1. The standard InChI is InChI=1S/C34H39ClN4OS/c1-21-18-23(22(2)39(21)28-15-13-27(14-16-28)38(6)7)20-36-33-31(32(40)37-26-11-9-25(35)10-12-26)29-17-8-24(34(3,4)5)19-30(29)41-33/h9-16,18,20,24H,8,17,19H2,1-7H3,(H,37,40)/t24-/m1/s1. The molecule has 0 spiro atoms. The molecular weight excluding hydrogens is 548 g/mol. The summed E-state index contributed by atoms with van der Waals surface area (Å²) in [4.78, 5) is 22.1. The second-order valence-corrected chi connectivity index (χ2v) is 13.8. The highest BCUT2D eigenvalue weighted by Gasteiger charge is 2.33. The van der Waals surface area contributed by atoms with E-state index in [1.54, 1.807) is 23.5 Å². The number of nitrogens with zero attached hydrogens (tertiary/aromatic N) is 3. The zero-order chi connectivity index (χ0) is 29.5. The van der Waals surface area contributed by atoms with E-state index in [0.29, 0.717) is 16.5 Å². The minimum absolute atomic E-state index is 0.113. The summed E-state index contributed by atoms with van der Waals surface area (Å²) in [5.41, 5.74) is 8.39. The molecule has 5 rings (SSSR count). The third-order valence-electron chi connectivity index (χ3n) is 8.22. The number of aromatic nitrogens is 1. The highest BCUT2D eigenvalue weighted by atomic mass is 35.5. The van der Waals surface area contributed by atoms with E-state index in [1.807, 2.05) is 32.4 Å². The Balaban J connectivity index is 1.50. The lowest BCUT2D eigenvalue weighted by molar-refractivity contribution is 0.102. The van der Waals surface area contributed by atoms with Crippen LogP contribution >= 0.6 is 22.9 Å². The summed E-state index contributed by atoms with van der Waals surface area (Å²) in [5.74, 6) is 0.466. The van der Waals surface area contributed by atoms with Crippen molar-refractivity contribution in [2.45, 2.75) is 53.9 Å². The van der Waals surface area contributed by atoms with Gasteiger partial charge < -0.3 is 14.8 Å².